The van der Waals surface area contributed by atoms with E-state index in [1.54, 1.807) is 0 Å². The van der Waals surface area contributed by atoms with Gasteiger partial charge in [-0.1, -0.05) is 36.4 Å². The Bertz CT molecular complexity index is 384. The Morgan fingerprint density at radius 1 is 1.27 bits per heavy atom. The van der Waals surface area contributed by atoms with Crippen LogP contribution in [-0.4, -0.2) is 29.2 Å². The number of rotatable bonds is 1. The van der Waals surface area contributed by atoms with Crippen LogP contribution in [0, 0.1) is 0 Å². The maximum atomic E-state index is 10.7. The zero-order chi connectivity index (χ0) is 10.7. The van der Waals surface area contributed by atoms with Crippen molar-refractivity contribution in [2.24, 2.45) is 0 Å². The van der Waals surface area contributed by atoms with Crippen molar-refractivity contribution < 1.29 is 9.90 Å². The molecule has 1 aliphatic rings. The first-order chi connectivity index (χ1) is 7.27. The highest BCUT2D eigenvalue weighted by molar-refractivity contribution is 5.71. The average Bonchev–Trinajstić information content (AvgIpc) is 2.30. The molecule has 0 bridgehead atoms. The molecule has 1 aliphatic heterocycles. The molecule has 0 saturated carbocycles. The number of hydrogen-bond acceptors (Lipinski definition) is 1. The van der Waals surface area contributed by atoms with E-state index in [2.05, 4.69) is 12.1 Å². The number of carboxylic acid groups (broad SMARTS) is 1. The molecule has 3 heteroatoms. The molecule has 2 rings (SSSR count). The molecular formula is C12H13NO2. The van der Waals surface area contributed by atoms with E-state index >= 15 is 0 Å². The lowest BCUT2D eigenvalue weighted by Gasteiger charge is -2.23. The smallest absolute Gasteiger partial charge is 0.407 e. The molecule has 1 N–H and O–H groups in total. The van der Waals surface area contributed by atoms with Crippen LogP contribution in [0.15, 0.2) is 36.4 Å². The number of nitrogens with zero attached hydrogens (tertiary/aromatic N) is 1. The topological polar surface area (TPSA) is 40.5 Å². The van der Waals surface area contributed by atoms with E-state index in [9.17, 15) is 4.79 Å². The van der Waals surface area contributed by atoms with Gasteiger partial charge in [0.05, 0.1) is 0 Å². The number of carbonyl (C=O) groups is 1. The van der Waals surface area contributed by atoms with Gasteiger partial charge in [-0.25, -0.2) is 4.79 Å². The second-order valence-corrected chi connectivity index (χ2v) is 3.57. The third kappa shape index (κ3) is 2.18. The SMILES string of the molecule is O=C(O)N1CC=C(c2ccccc2)CC1. The molecule has 78 valence electrons. The van der Waals surface area contributed by atoms with Gasteiger partial charge in [0.25, 0.3) is 0 Å². The summed E-state index contributed by atoms with van der Waals surface area (Å²) >= 11 is 0. The van der Waals surface area contributed by atoms with Gasteiger partial charge in [-0.3, -0.25) is 0 Å². The first-order valence-corrected chi connectivity index (χ1v) is 4.99. The molecule has 0 unspecified atom stereocenters. The van der Waals surface area contributed by atoms with Crippen LogP contribution < -0.4 is 0 Å². The molecule has 0 spiro atoms. The molecule has 0 saturated heterocycles. The van der Waals surface area contributed by atoms with E-state index in [0.29, 0.717) is 13.1 Å². The normalized spacial score (nSPS) is 16.0. The minimum atomic E-state index is -0.835. The Labute approximate surface area is 88.6 Å². The zero-order valence-corrected chi connectivity index (χ0v) is 8.39. The first kappa shape index (κ1) is 9.77. The van der Waals surface area contributed by atoms with E-state index in [1.165, 1.54) is 16.0 Å². The van der Waals surface area contributed by atoms with Crippen molar-refractivity contribution >= 4 is 11.7 Å². The molecule has 0 radical (unpaired) electrons. The predicted octanol–water partition coefficient (Wildman–Crippen LogP) is 2.45. The maximum Gasteiger partial charge on any atom is 0.407 e. The summed E-state index contributed by atoms with van der Waals surface area (Å²) in [6.07, 6.45) is 1.96. The van der Waals surface area contributed by atoms with Crippen LogP contribution >= 0.6 is 0 Å². The Balaban J connectivity index is 2.12. The molecule has 0 aromatic heterocycles. The lowest BCUT2D eigenvalue weighted by molar-refractivity contribution is 0.150. The monoisotopic (exact) mass is 203 g/mol. The summed E-state index contributed by atoms with van der Waals surface area (Å²) in [7, 11) is 0. The molecule has 0 aliphatic carbocycles. The summed E-state index contributed by atoms with van der Waals surface area (Å²) in [4.78, 5) is 12.1. The van der Waals surface area contributed by atoms with Crippen molar-refractivity contribution in [3.8, 4) is 0 Å². The van der Waals surface area contributed by atoms with Crippen molar-refractivity contribution in [1.29, 1.82) is 0 Å². The molecule has 1 heterocycles. The minimum absolute atomic E-state index is 0.500. The second kappa shape index (κ2) is 4.17. The van der Waals surface area contributed by atoms with Crippen molar-refractivity contribution in [2.75, 3.05) is 13.1 Å². The van der Waals surface area contributed by atoms with Crippen LogP contribution in [0.3, 0.4) is 0 Å². The van der Waals surface area contributed by atoms with E-state index in [1.807, 2.05) is 24.3 Å². The molecule has 1 aromatic rings. The summed E-state index contributed by atoms with van der Waals surface area (Å²) in [5.41, 5.74) is 2.44. The van der Waals surface area contributed by atoms with Gasteiger partial charge in [-0.05, 0) is 17.6 Å². The van der Waals surface area contributed by atoms with Crippen LogP contribution in [-0.2, 0) is 0 Å². The van der Waals surface area contributed by atoms with Gasteiger partial charge in [-0.15, -0.1) is 0 Å². The average molecular weight is 203 g/mol. The van der Waals surface area contributed by atoms with Gasteiger partial charge in [0.1, 0.15) is 0 Å². The zero-order valence-electron chi connectivity index (χ0n) is 8.39. The predicted molar refractivity (Wildman–Crippen MR) is 58.6 cm³/mol. The van der Waals surface area contributed by atoms with Crippen LogP contribution in [0.4, 0.5) is 4.79 Å². The van der Waals surface area contributed by atoms with Crippen molar-refractivity contribution in [2.45, 2.75) is 6.42 Å². The van der Waals surface area contributed by atoms with Crippen LogP contribution in [0.1, 0.15) is 12.0 Å². The van der Waals surface area contributed by atoms with Gasteiger partial charge in [0.15, 0.2) is 0 Å². The summed E-state index contributed by atoms with van der Waals surface area (Å²) < 4.78 is 0. The first-order valence-electron chi connectivity index (χ1n) is 4.99. The molecule has 0 fully saturated rings. The second-order valence-electron chi connectivity index (χ2n) is 3.57. The van der Waals surface area contributed by atoms with Gasteiger partial charge in [0.2, 0.25) is 0 Å². The van der Waals surface area contributed by atoms with E-state index in [-0.39, 0.29) is 0 Å². The van der Waals surface area contributed by atoms with Gasteiger partial charge in [0, 0.05) is 13.1 Å². The summed E-state index contributed by atoms with van der Waals surface area (Å²) in [6, 6.07) is 10.1. The van der Waals surface area contributed by atoms with Crippen LogP contribution in [0.5, 0.6) is 0 Å². The molecular weight excluding hydrogens is 190 g/mol. The fraction of sp³-hybridized carbons (Fsp3) is 0.250. The van der Waals surface area contributed by atoms with E-state index < -0.39 is 6.09 Å². The Morgan fingerprint density at radius 2 is 2.00 bits per heavy atom. The number of hydrogen-bond donors (Lipinski definition) is 1. The quantitative estimate of drug-likeness (QED) is 0.761. The molecule has 1 amide bonds. The van der Waals surface area contributed by atoms with Gasteiger partial charge in [-0.2, -0.15) is 0 Å². The molecule has 3 nitrogen and oxygen atoms in total. The highest BCUT2D eigenvalue weighted by Crippen LogP contribution is 2.21. The Morgan fingerprint density at radius 3 is 2.53 bits per heavy atom. The third-order valence-electron chi connectivity index (χ3n) is 2.62. The van der Waals surface area contributed by atoms with E-state index in [0.717, 1.165) is 6.42 Å². The van der Waals surface area contributed by atoms with Gasteiger partial charge >= 0.3 is 6.09 Å². The summed E-state index contributed by atoms with van der Waals surface area (Å²) in [5.74, 6) is 0. The lowest BCUT2D eigenvalue weighted by Crippen LogP contribution is -2.33. The standard InChI is InChI=1S/C12H13NO2/c14-12(15)13-8-6-11(7-9-13)10-4-2-1-3-5-10/h1-6H,7-9H2,(H,14,15). The summed E-state index contributed by atoms with van der Waals surface area (Å²) in [6.45, 7) is 1.09. The third-order valence-corrected chi connectivity index (χ3v) is 2.62. The summed E-state index contributed by atoms with van der Waals surface area (Å²) in [5, 5.41) is 8.79. The number of benzene rings is 1. The number of amides is 1. The Kier molecular flexibility index (Phi) is 2.72. The fourth-order valence-electron chi connectivity index (χ4n) is 1.76. The van der Waals surface area contributed by atoms with Crippen LogP contribution in [0.25, 0.3) is 5.57 Å². The molecule has 1 aromatic carbocycles. The maximum absolute atomic E-state index is 10.7. The largest absolute Gasteiger partial charge is 0.465 e. The highest BCUT2D eigenvalue weighted by Gasteiger charge is 2.16. The van der Waals surface area contributed by atoms with Crippen LogP contribution in [0.2, 0.25) is 0 Å². The van der Waals surface area contributed by atoms with E-state index in [4.69, 9.17) is 5.11 Å². The highest BCUT2D eigenvalue weighted by atomic mass is 16.4. The fourth-order valence-corrected chi connectivity index (χ4v) is 1.76. The Hall–Kier alpha value is -1.77. The van der Waals surface area contributed by atoms with Crippen molar-refractivity contribution in [1.82, 2.24) is 4.90 Å². The molecule has 0 atom stereocenters. The van der Waals surface area contributed by atoms with Gasteiger partial charge < -0.3 is 10.0 Å². The lowest BCUT2D eigenvalue weighted by atomic mass is 10.00. The van der Waals surface area contributed by atoms with Crippen molar-refractivity contribution in [3.63, 3.8) is 0 Å². The minimum Gasteiger partial charge on any atom is -0.465 e. The molecule has 15 heavy (non-hydrogen) atoms. The van der Waals surface area contributed by atoms with Crippen molar-refractivity contribution in [3.05, 3.63) is 42.0 Å².